The number of aromatic nitrogens is 2. The molecule has 0 atom stereocenters. The molecule has 0 unspecified atom stereocenters. The van der Waals surface area contributed by atoms with Gasteiger partial charge in [-0.05, 0) is 60.1 Å². The summed E-state index contributed by atoms with van der Waals surface area (Å²) in [6.45, 7) is 4.44. The van der Waals surface area contributed by atoms with Gasteiger partial charge in [0.05, 0.1) is 12.1 Å². The van der Waals surface area contributed by atoms with Gasteiger partial charge in [-0.3, -0.25) is 4.68 Å². The Kier molecular flexibility index (Phi) is 3.26. The molecule has 1 aromatic heterocycles. The molecule has 2 heterocycles. The third-order valence-electron chi connectivity index (χ3n) is 3.56. The van der Waals surface area contributed by atoms with Gasteiger partial charge >= 0.3 is 0 Å². The summed E-state index contributed by atoms with van der Waals surface area (Å²) < 4.78 is 2.95. The molecule has 96 valence electrons. The Morgan fingerprint density at radius 2 is 2.00 bits per heavy atom. The van der Waals surface area contributed by atoms with Gasteiger partial charge in [-0.1, -0.05) is 0 Å². The lowest BCUT2D eigenvalue weighted by Crippen LogP contribution is -2.24. The van der Waals surface area contributed by atoms with Crippen LogP contribution in [-0.2, 0) is 6.54 Å². The number of nitrogens with two attached hydrogens (primary N) is 1. The van der Waals surface area contributed by atoms with E-state index in [1.807, 2.05) is 22.9 Å². The van der Waals surface area contributed by atoms with Crippen LogP contribution in [0.15, 0.2) is 22.8 Å². The first-order valence-electron chi connectivity index (χ1n) is 6.38. The number of benzene rings is 1. The van der Waals surface area contributed by atoms with Crippen molar-refractivity contribution in [3.05, 3.63) is 22.8 Å². The maximum atomic E-state index is 5.85. The maximum Gasteiger partial charge on any atom is 0.136 e. The molecule has 3 rings (SSSR count). The van der Waals surface area contributed by atoms with Crippen LogP contribution in [0.2, 0.25) is 0 Å². The van der Waals surface area contributed by atoms with Crippen molar-refractivity contribution in [2.24, 2.45) is 0 Å². The molecule has 2 N–H and O–H groups in total. The van der Waals surface area contributed by atoms with Gasteiger partial charge < -0.3 is 10.6 Å². The van der Waals surface area contributed by atoms with E-state index < -0.39 is 0 Å². The Morgan fingerprint density at radius 1 is 1.22 bits per heavy atom. The predicted molar refractivity (Wildman–Crippen MR) is 77.5 cm³/mol. The molecule has 18 heavy (non-hydrogen) atoms. The van der Waals surface area contributed by atoms with Crippen molar-refractivity contribution in [1.82, 2.24) is 14.7 Å². The third-order valence-corrected chi connectivity index (χ3v) is 4.14. The van der Waals surface area contributed by atoms with Crippen LogP contribution in [0.25, 0.3) is 10.9 Å². The molecule has 0 aliphatic carbocycles. The fourth-order valence-corrected chi connectivity index (χ4v) is 3.09. The molecule has 1 aromatic carbocycles. The van der Waals surface area contributed by atoms with E-state index in [1.54, 1.807) is 0 Å². The van der Waals surface area contributed by atoms with E-state index in [4.69, 9.17) is 5.73 Å². The average molecular weight is 309 g/mol. The quantitative estimate of drug-likeness (QED) is 0.886. The monoisotopic (exact) mass is 308 g/mol. The Balaban J connectivity index is 1.84. The summed E-state index contributed by atoms with van der Waals surface area (Å²) in [4.78, 5) is 2.49. The summed E-state index contributed by atoms with van der Waals surface area (Å²) >= 11 is 3.51. The summed E-state index contributed by atoms with van der Waals surface area (Å²) in [7, 11) is 0. The molecule has 0 spiro atoms. The van der Waals surface area contributed by atoms with Crippen LogP contribution in [0.3, 0.4) is 0 Å². The summed E-state index contributed by atoms with van der Waals surface area (Å²) in [5.41, 5.74) is 7.75. The molecule has 1 aliphatic heterocycles. The number of anilines is 1. The first-order valence-corrected chi connectivity index (χ1v) is 7.17. The molecular formula is C13H17BrN4. The standard InChI is InChI=1S/C13H17BrN4/c14-13-11-4-3-10(15)9-12(11)18(16-13)8-7-17-5-1-2-6-17/h3-4,9H,1-2,5-8,15H2. The Bertz CT molecular complexity index is 557. The smallest absolute Gasteiger partial charge is 0.136 e. The second-order valence-electron chi connectivity index (χ2n) is 4.84. The van der Waals surface area contributed by atoms with Crippen LogP contribution in [0.5, 0.6) is 0 Å². The number of fused-ring (bicyclic) bond motifs is 1. The largest absolute Gasteiger partial charge is 0.399 e. The molecule has 1 saturated heterocycles. The van der Waals surface area contributed by atoms with E-state index >= 15 is 0 Å². The van der Waals surface area contributed by atoms with Crippen molar-refractivity contribution in [3.8, 4) is 0 Å². The van der Waals surface area contributed by atoms with Crippen LogP contribution < -0.4 is 5.73 Å². The fourth-order valence-electron chi connectivity index (χ4n) is 2.56. The van der Waals surface area contributed by atoms with Crippen molar-refractivity contribution in [2.75, 3.05) is 25.4 Å². The molecule has 1 fully saturated rings. The lowest BCUT2D eigenvalue weighted by molar-refractivity contribution is 0.318. The zero-order chi connectivity index (χ0) is 12.5. The summed E-state index contributed by atoms with van der Waals surface area (Å²) in [6, 6.07) is 5.94. The Morgan fingerprint density at radius 3 is 2.78 bits per heavy atom. The van der Waals surface area contributed by atoms with E-state index in [1.165, 1.54) is 25.9 Å². The van der Waals surface area contributed by atoms with E-state index in [0.29, 0.717) is 0 Å². The number of nitrogen functional groups attached to an aromatic ring is 1. The van der Waals surface area contributed by atoms with E-state index in [9.17, 15) is 0 Å². The Labute approximate surface area is 115 Å². The molecule has 0 amide bonds. The molecule has 0 bridgehead atoms. The number of hydrogen-bond donors (Lipinski definition) is 1. The molecule has 0 saturated carbocycles. The van der Waals surface area contributed by atoms with Crippen molar-refractivity contribution < 1.29 is 0 Å². The number of likely N-dealkylation sites (tertiary alicyclic amines) is 1. The summed E-state index contributed by atoms with van der Waals surface area (Å²) in [5.74, 6) is 0. The second-order valence-corrected chi connectivity index (χ2v) is 5.59. The highest BCUT2D eigenvalue weighted by atomic mass is 79.9. The zero-order valence-corrected chi connectivity index (χ0v) is 11.9. The van der Waals surface area contributed by atoms with Crippen molar-refractivity contribution in [1.29, 1.82) is 0 Å². The topological polar surface area (TPSA) is 47.1 Å². The minimum Gasteiger partial charge on any atom is -0.399 e. The second kappa shape index (κ2) is 4.90. The highest BCUT2D eigenvalue weighted by Gasteiger charge is 2.13. The predicted octanol–water partition coefficient (Wildman–Crippen LogP) is 2.48. The van der Waals surface area contributed by atoms with Crippen LogP contribution in [-0.4, -0.2) is 34.3 Å². The number of nitrogens with zero attached hydrogens (tertiary/aromatic N) is 3. The maximum absolute atomic E-state index is 5.85. The summed E-state index contributed by atoms with van der Waals surface area (Å²) in [6.07, 6.45) is 2.66. The highest BCUT2D eigenvalue weighted by Crippen LogP contribution is 2.25. The minimum absolute atomic E-state index is 0.789. The fraction of sp³-hybridized carbons (Fsp3) is 0.462. The molecule has 5 heteroatoms. The molecule has 1 aliphatic rings. The van der Waals surface area contributed by atoms with Gasteiger partial charge in [0.1, 0.15) is 4.60 Å². The van der Waals surface area contributed by atoms with Crippen molar-refractivity contribution in [2.45, 2.75) is 19.4 Å². The number of halogens is 1. The van der Waals surface area contributed by atoms with Gasteiger partial charge in [-0.15, -0.1) is 0 Å². The zero-order valence-electron chi connectivity index (χ0n) is 10.3. The normalized spacial score (nSPS) is 16.7. The van der Waals surface area contributed by atoms with Gasteiger partial charge in [-0.25, -0.2) is 0 Å². The van der Waals surface area contributed by atoms with Gasteiger partial charge in [-0.2, -0.15) is 5.10 Å². The van der Waals surface area contributed by atoms with Crippen LogP contribution >= 0.6 is 15.9 Å². The lowest BCUT2D eigenvalue weighted by atomic mass is 10.2. The Hall–Kier alpha value is -1.07. The van der Waals surface area contributed by atoms with Gasteiger partial charge in [0.25, 0.3) is 0 Å². The van der Waals surface area contributed by atoms with Gasteiger partial charge in [0.2, 0.25) is 0 Å². The van der Waals surface area contributed by atoms with Crippen molar-refractivity contribution in [3.63, 3.8) is 0 Å². The number of rotatable bonds is 3. The van der Waals surface area contributed by atoms with E-state index in [-0.39, 0.29) is 0 Å². The lowest BCUT2D eigenvalue weighted by Gasteiger charge is -2.14. The molecule has 2 aromatic rings. The highest BCUT2D eigenvalue weighted by molar-refractivity contribution is 9.10. The van der Waals surface area contributed by atoms with Crippen LogP contribution in [0, 0.1) is 0 Å². The third kappa shape index (κ3) is 2.24. The molecule has 4 nitrogen and oxygen atoms in total. The minimum atomic E-state index is 0.789. The molecule has 0 radical (unpaired) electrons. The molecular weight excluding hydrogens is 292 g/mol. The van der Waals surface area contributed by atoms with E-state index in [2.05, 4.69) is 25.9 Å². The van der Waals surface area contributed by atoms with E-state index in [0.717, 1.165) is 34.3 Å². The van der Waals surface area contributed by atoms with Crippen molar-refractivity contribution >= 4 is 32.5 Å². The SMILES string of the molecule is Nc1ccc2c(Br)nn(CCN3CCCC3)c2c1. The van der Waals surface area contributed by atoms with Gasteiger partial charge in [0.15, 0.2) is 0 Å². The first-order chi connectivity index (χ1) is 8.74. The van der Waals surface area contributed by atoms with Crippen LogP contribution in [0.4, 0.5) is 5.69 Å². The number of hydrogen-bond acceptors (Lipinski definition) is 3. The average Bonchev–Trinajstić information content (AvgIpc) is 2.95. The first kappa shape index (κ1) is 12.0. The summed E-state index contributed by atoms with van der Waals surface area (Å²) in [5, 5.41) is 5.67. The van der Waals surface area contributed by atoms with Gasteiger partial charge in [0, 0.05) is 17.6 Å². The van der Waals surface area contributed by atoms with Crippen LogP contribution in [0.1, 0.15) is 12.8 Å².